The lowest BCUT2D eigenvalue weighted by Crippen LogP contribution is -2.24. The zero-order chi connectivity index (χ0) is 15.1. The molecule has 0 atom stereocenters. The van der Waals surface area contributed by atoms with Crippen LogP contribution in [0.1, 0.15) is 33.3 Å². The van der Waals surface area contributed by atoms with Gasteiger partial charge in [0.2, 0.25) is 0 Å². The highest BCUT2D eigenvalue weighted by Crippen LogP contribution is 2.35. The number of aryl methyl sites for hydroxylation is 1. The highest BCUT2D eigenvalue weighted by Gasteiger charge is 2.23. The molecule has 2 rings (SSSR count). The third-order valence-corrected chi connectivity index (χ3v) is 3.78. The van der Waals surface area contributed by atoms with Crippen molar-refractivity contribution in [2.24, 2.45) is 0 Å². The third-order valence-electron chi connectivity index (χ3n) is 3.13. The minimum atomic E-state index is -0.861. The molecule has 0 aliphatic heterocycles. The molecule has 1 heterocycles. The molecule has 2 aromatic rings. The fourth-order valence-corrected chi connectivity index (χ4v) is 2.64. The van der Waals surface area contributed by atoms with Crippen LogP contribution in [0, 0.1) is 11.6 Å². The molecule has 0 aliphatic rings. The first-order chi connectivity index (χ1) is 9.25. The summed E-state index contributed by atoms with van der Waals surface area (Å²) in [6, 6.07) is 2.38. The van der Waals surface area contributed by atoms with Crippen molar-refractivity contribution in [3.05, 3.63) is 40.0 Å². The smallest absolute Gasteiger partial charge is 0.159 e. The number of hydrogen-bond acceptors (Lipinski definition) is 1. The van der Waals surface area contributed by atoms with Crippen LogP contribution in [0.5, 0.6) is 0 Å². The van der Waals surface area contributed by atoms with E-state index in [1.54, 1.807) is 6.20 Å². The van der Waals surface area contributed by atoms with E-state index in [9.17, 15) is 8.78 Å². The molecule has 0 saturated heterocycles. The Balaban J connectivity index is 2.75. The van der Waals surface area contributed by atoms with Crippen molar-refractivity contribution in [2.45, 2.75) is 39.7 Å². The summed E-state index contributed by atoms with van der Waals surface area (Å²) in [7, 11) is 0. The number of nitrogens with zero attached hydrogens (tertiary/aromatic N) is 2. The van der Waals surface area contributed by atoms with Crippen LogP contribution < -0.4 is 0 Å². The number of halogens is 3. The van der Waals surface area contributed by atoms with E-state index in [0.29, 0.717) is 10.0 Å². The Labute approximate surface area is 125 Å². The summed E-state index contributed by atoms with van der Waals surface area (Å²) >= 11 is 3.32. The molecule has 20 heavy (non-hydrogen) atoms. The van der Waals surface area contributed by atoms with Gasteiger partial charge in [0.15, 0.2) is 11.6 Å². The molecule has 0 radical (unpaired) electrons. The van der Waals surface area contributed by atoms with Crippen LogP contribution >= 0.6 is 15.9 Å². The van der Waals surface area contributed by atoms with Crippen molar-refractivity contribution >= 4 is 15.9 Å². The normalized spacial score (nSPS) is 11.9. The molecule has 0 fully saturated rings. The van der Waals surface area contributed by atoms with E-state index in [1.165, 1.54) is 6.07 Å². The van der Waals surface area contributed by atoms with Crippen LogP contribution in [0.2, 0.25) is 0 Å². The van der Waals surface area contributed by atoms with Crippen molar-refractivity contribution in [2.75, 3.05) is 0 Å². The topological polar surface area (TPSA) is 17.8 Å². The molecule has 0 N–H and O–H groups in total. The van der Waals surface area contributed by atoms with Gasteiger partial charge in [-0.1, -0.05) is 6.92 Å². The van der Waals surface area contributed by atoms with Crippen LogP contribution in [0.15, 0.2) is 22.8 Å². The van der Waals surface area contributed by atoms with Crippen molar-refractivity contribution in [1.82, 2.24) is 9.78 Å². The molecule has 1 aromatic carbocycles. The molecule has 5 heteroatoms. The molecule has 0 aliphatic carbocycles. The fraction of sp³-hybridized carbons (Fsp3) is 0.400. The predicted octanol–water partition coefficient (Wildman–Crippen LogP) is 4.91. The molecular weight excluding hydrogens is 326 g/mol. The zero-order valence-electron chi connectivity index (χ0n) is 12.0. The molecule has 0 bridgehead atoms. The number of rotatable bonds is 2. The van der Waals surface area contributed by atoms with E-state index in [4.69, 9.17) is 0 Å². The molecule has 0 amide bonds. The second-order valence-corrected chi connectivity index (χ2v) is 6.56. The average Bonchev–Trinajstić information content (AvgIpc) is 2.77. The van der Waals surface area contributed by atoms with Gasteiger partial charge in [-0.2, -0.15) is 5.10 Å². The molecule has 1 aromatic heterocycles. The van der Waals surface area contributed by atoms with Gasteiger partial charge in [-0.25, -0.2) is 8.78 Å². The van der Waals surface area contributed by atoms with Gasteiger partial charge in [-0.05, 0) is 60.8 Å². The second-order valence-electron chi connectivity index (χ2n) is 5.70. The van der Waals surface area contributed by atoms with Crippen LogP contribution in [0.4, 0.5) is 8.78 Å². The summed E-state index contributed by atoms with van der Waals surface area (Å²) in [5.41, 5.74) is 2.21. The molecule has 108 valence electrons. The molecular formula is C15H17BrF2N2. The minimum absolute atomic E-state index is 0.243. The standard InChI is InChI=1S/C15H17BrF2N2/c1-5-9-8-19-20(15(2,3)4)14(9)10-6-12(17)13(18)7-11(10)16/h6-8H,5H2,1-4H3. The molecule has 0 unspecified atom stereocenters. The maximum Gasteiger partial charge on any atom is 0.159 e. The van der Waals surface area contributed by atoms with Crippen molar-refractivity contribution in [3.8, 4) is 11.3 Å². The Morgan fingerprint density at radius 1 is 1.20 bits per heavy atom. The summed E-state index contributed by atoms with van der Waals surface area (Å²) < 4.78 is 29.3. The summed E-state index contributed by atoms with van der Waals surface area (Å²) in [5.74, 6) is -1.72. The maximum atomic E-state index is 13.6. The lowest BCUT2D eigenvalue weighted by Gasteiger charge is -2.23. The quantitative estimate of drug-likeness (QED) is 0.709. The SMILES string of the molecule is CCc1cnn(C(C)(C)C)c1-c1cc(F)c(F)cc1Br. The summed E-state index contributed by atoms with van der Waals surface area (Å²) in [6.07, 6.45) is 2.56. The van der Waals surface area contributed by atoms with Crippen LogP contribution in [0.25, 0.3) is 11.3 Å². The Kier molecular flexibility index (Phi) is 4.00. The second kappa shape index (κ2) is 5.28. The zero-order valence-corrected chi connectivity index (χ0v) is 13.6. The van der Waals surface area contributed by atoms with Gasteiger partial charge in [0.1, 0.15) is 0 Å². The van der Waals surface area contributed by atoms with Crippen molar-refractivity contribution in [3.63, 3.8) is 0 Å². The van der Waals surface area contributed by atoms with E-state index in [0.717, 1.165) is 23.7 Å². The largest absolute Gasteiger partial charge is 0.259 e. The van der Waals surface area contributed by atoms with E-state index in [-0.39, 0.29) is 5.54 Å². The molecule has 0 spiro atoms. The Morgan fingerprint density at radius 3 is 2.35 bits per heavy atom. The number of aromatic nitrogens is 2. The lowest BCUT2D eigenvalue weighted by atomic mass is 10.0. The Bertz CT molecular complexity index is 642. The van der Waals surface area contributed by atoms with Gasteiger partial charge in [0, 0.05) is 10.0 Å². The van der Waals surface area contributed by atoms with Gasteiger partial charge in [0.25, 0.3) is 0 Å². The van der Waals surface area contributed by atoms with Gasteiger partial charge in [-0.3, -0.25) is 4.68 Å². The average molecular weight is 343 g/mol. The predicted molar refractivity (Wildman–Crippen MR) is 79.7 cm³/mol. The van der Waals surface area contributed by atoms with E-state index < -0.39 is 11.6 Å². The number of hydrogen-bond donors (Lipinski definition) is 0. The van der Waals surface area contributed by atoms with Gasteiger partial charge in [0.05, 0.1) is 17.4 Å². The van der Waals surface area contributed by atoms with Crippen LogP contribution in [-0.2, 0) is 12.0 Å². The monoisotopic (exact) mass is 342 g/mol. The van der Waals surface area contributed by atoms with Gasteiger partial charge in [-0.15, -0.1) is 0 Å². The molecule has 2 nitrogen and oxygen atoms in total. The summed E-state index contributed by atoms with van der Waals surface area (Å²) in [6.45, 7) is 8.09. The summed E-state index contributed by atoms with van der Waals surface area (Å²) in [5, 5.41) is 4.41. The first-order valence-electron chi connectivity index (χ1n) is 6.48. The van der Waals surface area contributed by atoms with Gasteiger partial charge >= 0.3 is 0 Å². The third kappa shape index (κ3) is 2.64. The first kappa shape index (κ1) is 15.2. The number of benzene rings is 1. The highest BCUT2D eigenvalue weighted by atomic mass is 79.9. The van der Waals surface area contributed by atoms with Crippen LogP contribution in [0.3, 0.4) is 0 Å². The summed E-state index contributed by atoms with van der Waals surface area (Å²) in [4.78, 5) is 0. The maximum absolute atomic E-state index is 13.6. The Morgan fingerprint density at radius 2 is 1.80 bits per heavy atom. The van der Waals surface area contributed by atoms with E-state index >= 15 is 0 Å². The van der Waals surface area contributed by atoms with Crippen molar-refractivity contribution < 1.29 is 8.78 Å². The minimum Gasteiger partial charge on any atom is -0.259 e. The van der Waals surface area contributed by atoms with Crippen molar-refractivity contribution in [1.29, 1.82) is 0 Å². The molecule has 0 saturated carbocycles. The highest BCUT2D eigenvalue weighted by molar-refractivity contribution is 9.10. The first-order valence-corrected chi connectivity index (χ1v) is 7.27. The lowest BCUT2D eigenvalue weighted by molar-refractivity contribution is 0.359. The fourth-order valence-electron chi connectivity index (χ4n) is 2.14. The Hall–Kier alpha value is -1.23. The van der Waals surface area contributed by atoms with E-state index in [2.05, 4.69) is 21.0 Å². The van der Waals surface area contributed by atoms with Crippen LogP contribution in [-0.4, -0.2) is 9.78 Å². The van der Waals surface area contributed by atoms with Gasteiger partial charge < -0.3 is 0 Å². The van der Waals surface area contributed by atoms with E-state index in [1.807, 2.05) is 32.4 Å².